The van der Waals surface area contributed by atoms with Crippen LogP contribution in [0.15, 0.2) is 122 Å². The summed E-state index contributed by atoms with van der Waals surface area (Å²) in [6.07, 6.45) is 7.23. The standard InChI is InChI=1S/C22H20BN2/c1-5-13-21(14-6-1)23(22-15-7-2-8-16-22,24-17-9-3-10-18-24)25-19-11-4-12-20-25/h1-20H/q+1. The zero-order valence-electron chi connectivity index (χ0n) is 14.0. The molecule has 0 spiro atoms. The Morgan fingerprint density at radius 1 is 0.400 bits per heavy atom. The van der Waals surface area contributed by atoms with E-state index in [4.69, 9.17) is 0 Å². The molecule has 2 aromatic carbocycles. The molecule has 0 saturated carbocycles. The van der Waals surface area contributed by atoms with Crippen LogP contribution in [0.3, 0.4) is 0 Å². The van der Waals surface area contributed by atoms with Crippen LogP contribution in [0, 0.1) is 0 Å². The fraction of sp³-hybridized carbons (Fsp3) is 0. The van der Waals surface area contributed by atoms with Gasteiger partial charge in [-0.05, 0) is 35.2 Å². The Balaban J connectivity index is 2.13. The van der Waals surface area contributed by atoms with Gasteiger partial charge in [0, 0.05) is 0 Å². The molecule has 0 aliphatic heterocycles. The number of nitrogens with zero attached hydrogens (tertiary/aromatic N) is 2. The lowest BCUT2D eigenvalue weighted by Crippen LogP contribution is -2.92. The van der Waals surface area contributed by atoms with Gasteiger partial charge in [-0.25, -0.2) is 0 Å². The van der Waals surface area contributed by atoms with Crippen molar-refractivity contribution in [2.45, 2.75) is 0 Å². The number of pyridine rings is 2. The molecule has 4 rings (SSSR count). The Labute approximate surface area is 148 Å². The fourth-order valence-electron chi connectivity index (χ4n) is 3.80. The van der Waals surface area contributed by atoms with Crippen LogP contribution in [-0.4, -0.2) is 6.42 Å². The molecular formula is C22H20BN2+. The molecule has 2 heterocycles. The summed E-state index contributed by atoms with van der Waals surface area (Å²) in [4.78, 5) is 0. The van der Waals surface area contributed by atoms with E-state index >= 15 is 0 Å². The lowest BCUT2D eigenvalue weighted by molar-refractivity contribution is -0.680. The molecule has 0 saturated heterocycles. The molecule has 0 bridgehead atoms. The highest BCUT2D eigenvalue weighted by atomic mass is 15.1. The molecule has 3 heteroatoms. The highest BCUT2D eigenvalue weighted by Crippen LogP contribution is 2.01. The Kier molecular flexibility index (Phi) is 4.13. The molecule has 0 amide bonds. The van der Waals surface area contributed by atoms with Crippen molar-refractivity contribution in [3.05, 3.63) is 122 Å². The molecule has 0 aliphatic carbocycles. The maximum absolute atomic E-state index is 2.32. The zero-order valence-corrected chi connectivity index (χ0v) is 14.0. The minimum atomic E-state index is -1.38. The third kappa shape index (κ3) is 2.64. The van der Waals surface area contributed by atoms with Crippen LogP contribution < -0.4 is 19.9 Å². The van der Waals surface area contributed by atoms with Gasteiger partial charge in [-0.1, -0.05) is 72.8 Å². The summed E-state index contributed by atoms with van der Waals surface area (Å²) in [5.41, 5.74) is 2.53. The van der Waals surface area contributed by atoms with Crippen molar-refractivity contribution in [3.63, 3.8) is 0 Å². The zero-order chi connectivity index (χ0) is 17.0. The van der Waals surface area contributed by atoms with Crippen molar-refractivity contribution in [1.82, 2.24) is 0 Å². The minimum absolute atomic E-state index is 1.26. The third-order valence-electron chi connectivity index (χ3n) is 4.87. The van der Waals surface area contributed by atoms with E-state index in [1.807, 2.05) is 0 Å². The van der Waals surface area contributed by atoms with E-state index < -0.39 is 6.42 Å². The average molecular weight is 323 g/mol. The first-order chi connectivity index (χ1) is 12.4. The molecule has 0 unspecified atom stereocenters. The maximum Gasteiger partial charge on any atom is 0.602 e. The summed E-state index contributed by atoms with van der Waals surface area (Å²) in [6, 6.07) is 33.9. The summed E-state index contributed by atoms with van der Waals surface area (Å²) < 4.78 is 4.65. The van der Waals surface area contributed by atoms with Gasteiger partial charge in [0.05, 0.1) is 0 Å². The van der Waals surface area contributed by atoms with E-state index in [9.17, 15) is 0 Å². The molecule has 25 heavy (non-hydrogen) atoms. The van der Waals surface area contributed by atoms with Crippen molar-refractivity contribution < 1.29 is 8.96 Å². The second-order valence-corrected chi connectivity index (χ2v) is 6.24. The second kappa shape index (κ2) is 6.74. The van der Waals surface area contributed by atoms with Gasteiger partial charge in [0.25, 0.3) is 0 Å². The van der Waals surface area contributed by atoms with Gasteiger partial charge >= 0.3 is 6.42 Å². The van der Waals surface area contributed by atoms with Gasteiger partial charge in [0.15, 0.2) is 0 Å². The minimum Gasteiger partial charge on any atom is -0.353 e. The molecule has 0 fully saturated rings. The highest BCUT2D eigenvalue weighted by molar-refractivity contribution is 6.89. The van der Waals surface area contributed by atoms with Crippen molar-refractivity contribution in [3.8, 4) is 0 Å². The summed E-state index contributed by atoms with van der Waals surface area (Å²) >= 11 is 0. The topological polar surface area (TPSA) is 7.76 Å². The SMILES string of the molecule is c1ccc([B-](c2ccccc2)([n+]2ccccc2)[n+]2ccccc2)cc1. The van der Waals surface area contributed by atoms with E-state index in [1.165, 1.54) is 10.9 Å². The van der Waals surface area contributed by atoms with Gasteiger partial charge in [0.2, 0.25) is 0 Å². The van der Waals surface area contributed by atoms with Crippen LogP contribution in [0.2, 0.25) is 0 Å². The molecule has 0 aliphatic rings. The smallest absolute Gasteiger partial charge is 0.353 e. The lowest BCUT2D eigenvalue weighted by atomic mass is 9.36. The normalized spacial score (nSPS) is 11.2. The number of benzene rings is 2. The Morgan fingerprint density at radius 3 is 1.08 bits per heavy atom. The average Bonchev–Trinajstić information content (AvgIpc) is 2.72. The van der Waals surface area contributed by atoms with Crippen LogP contribution >= 0.6 is 0 Å². The first-order valence-corrected chi connectivity index (χ1v) is 8.61. The van der Waals surface area contributed by atoms with Crippen LogP contribution in [0.4, 0.5) is 0 Å². The third-order valence-corrected chi connectivity index (χ3v) is 4.87. The predicted molar refractivity (Wildman–Crippen MR) is 102 cm³/mol. The van der Waals surface area contributed by atoms with E-state index in [1.54, 1.807) is 0 Å². The van der Waals surface area contributed by atoms with E-state index in [0.29, 0.717) is 0 Å². The molecular weight excluding hydrogens is 303 g/mol. The maximum atomic E-state index is 2.32. The molecule has 2 aromatic heterocycles. The number of hydrogen-bond acceptors (Lipinski definition) is 0. The van der Waals surface area contributed by atoms with Crippen LogP contribution in [0.25, 0.3) is 0 Å². The van der Waals surface area contributed by atoms with Crippen molar-refractivity contribution in [2.24, 2.45) is 0 Å². The molecule has 0 radical (unpaired) electrons. The molecule has 2 nitrogen and oxygen atoms in total. The Morgan fingerprint density at radius 2 is 0.720 bits per heavy atom. The molecule has 120 valence electrons. The first-order valence-electron chi connectivity index (χ1n) is 8.61. The largest absolute Gasteiger partial charge is 0.602 e. The number of aromatic nitrogens is 2. The Bertz CT molecular complexity index is 763. The summed E-state index contributed by atoms with van der Waals surface area (Å²) in [7, 11) is 0. The summed E-state index contributed by atoms with van der Waals surface area (Å²) in [5, 5.41) is 0. The van der Waals surface area contributed by atoms with Crippen molar-refractivity contribution >= 4 is 17.3 Å². The summed E-state index contributed by atoms with van der Waals surface area (Å²) in [6.45, 7) is 0. The van der Waals surface area contributed by atoms with E-state index in [2.05, 4.69) is 131 Å². The van der Waals surface area contributed by atoms with Crippen LogP contribution in [0.5, 0.6) is 0 Å². The van der Waals surface area contributed by atoms with Crippen molar-refractivity contribution in [1.29, 1.82) is 0 Å². The van der Waals surface area contributed by atoms with Crippen molar-refractivity contribution in [2.75, 3.05) is 0 Å². The molecule has 4 aromatic rings. The van der Waals surface area contributed by atoms with Gasteiger partial charge in [-0.3, -0.25) is 0 Å². The lowest BCUT2D eigenvalue weighted by Gasteiger charge is -2.29. The van der Waals surface area contributed by atoms with Crippen LogP contribution in [-0.2, 0) is 0 Å². The molecule has 0 atom stereocenters. The van der Waals surface area contributed by atoms with Gasteiger partial charge in [-0.15, -0.1) is 0 Å². The summed E-state index contributed by atoms with van der Waals surface area (Å²) in [5.74, 6) is 0. The van der Waals surface area contributed by atoms with Crippen LogP contribution in [0.1, 0.15) is 0 Å². The van der Waals surface area contributed by atoms with E-state index in [-0.39, 0.29) is 0 Å². The van der Waals surface area contributed by atoms with E-state index in [0.717, 1.165) is 0 Å². The van der Waals surface area contributed by atoms with Gasteiger partial charge in [0.1, 0.15) is 24.8 Å². The number of rotatable bonds is 4. The van der Waals surface area contributed by atoms with Gasteiger partial charge in [-0.2, -0.15) is 0 Å². The molecule has 0 N–H and O–H groups in total. The predicted octanol–water partition coefficient (Wildman–Crippen LogP) is 1.91. The first kappa shape index (κ1) is 15.3. The quantitative estimate of drug-likeness (QED) is 0.507. The number of hydrogen-bond donors (Lipinski definition) is 0. The second-order valence-electron chi connectivity index (χ2n) is 6.24. The highest BCUT2D eigenvalue weighted by Gasteiger charge is 2.52. The Hall–Kier alpha value is -3.20. The fourth-order valence-corrected chi connectivity index (χ4v) is 3.80. The monoisotopic (exact) mass is 323 g/mol. The van der Waals surface area contributed by atoms with Gasteiger partial charge < -0.3 is 8.96 Å².